The second-order valence-electron chi connectivity index (χ2n) is 16.8. The van der Waals surface area contributed by atoms with E-state index in [1.807, 2.05) is 26.8 Å². The monoisotopic (exact) mass is 996 g/mol. The normalized spacial score (nSPS) is 20.5. The van der Waals surface area contributed by atoms with E-state index in [0.29, 0.717) is 53.3 Å². The molecule has 4 amide bonds. The molecule has 4 unspecified atom stereocenters. The van der Waals surface area contributed by atoms with Gasteiger partial charge in [0, 0.05) is 68.9 Å². The quantitative estimate of drug-likeness (QED) is 0.0865. The number of nitrogens with zero attached hydrogens (tertiary/aromatic N) is 2. The lowest BCUT2D eigenvalue weighted by molar-refractivity contribution is -0.172. The van der Waals surface area contributed by atoms with Crippen molar-refractivity contribution in [3.05, 3.63) is 69.7 Å². The summed E-state index contributed by atoms with van der Waals surface area (Å²) in [5, 5.41) is 14.5. The minimum absolute atomic E-state index is 0.0199. The van der Waals surface area contributed by atoms with Crippen LogP contribution in [0.2, 0.25) is 10.0 Å². The van der Waals surface area contributed by atoms with Gasteiger partial charge in [0.1, 0.15) is 23.2 Å². The maximum Gasteiger partial charge on any atom is 0.413 e. The number of amides is 4. The molecule has 19 heteroatoms. The summed E-state index contributed by atoms with van der Waals surface area (Å²) in [6.45, 7) is 13.0. The van der Waals surface area contributed by atoms with Gasteiger partial charge < -0.3 is 30.0 Å². The summed E-state index contributed by atoms with van der Waals surface area (Å²) in [5.41, 5.74) is -1.92. The highest BCUT2D eigenvalue weighted by molar-refractivity contribution is 6.32. The van der Waals surface area contributed by atoms with Crippen molar-refractivity contribution < 1.29 is 57.7 Å². The maximum absolute atomic E-state index is 13.1. The van der Waals surface area contributed by atoms with Crippen LogP contribution in [0.1, 0.15) is 131 Å². The van der Waals surface area contributed by atoms with Crippen molar-refractivity contribution in [3.63, 3.8) is 0 Å². The average molecular weight is 998 g/mol. The number of nitrogens with one attached hydrogen (secondary N) is 2. The Morgan fingerprint density at radius 2 is 1.04 bits per heavy atom. The Hall–Kier alpha value is -4.93. The minimum Gasteiger partial charge on any atom is -0.480 e. The van der Waals surface area contributed by atoms with Crippen molar-refractivity contribution in [1.82, 2.24) is 20.4 Å². The molecule has 0 saturated heterocycles. The second-order valence-corrected chi connectivity index (χ2v) is 18.3. The lowest BCUT2D eigenvalue weighted by Gasteiger charge is -2.43. The number of halogens is 3. The van der Waals surface area contributed by atoms with E-state index in [1.54, 1.807) is 63.4 Å². The lowest BCUT2D eigenvalue weighted by Crippen LogP contribution is -2.55. The Morgan fingerprint density at radius 3 is 1.40 bits per heavy atom. The molecule has 2 saturated carbocycles. The van der Waals surface area contributed by atoms with Crippen LogP contribution in [0.4, 0.5) is 9.59 Å². The average Bonchev–Trinajstić information content (AvgIpc) is 3.27. The molecule has 2 fully saturated rings. The molecule has 8 atom stereocenters. The first kappa shape index (κ1) is 58.2. The first-order valence-electron chi connectivity index (χ1n) is 22.5. The van der Waals surface area contributed by atoms with E-state index < -0.39 is 59.1 Å². The van der Waals surface area contributed by atoms with Gasteiger partial charge in [-0.1, -0.05) is 112 Å². The number of benzene rings is 2. The van der Waals surface area contributed by atoms with Crippen LogP contribution in [-0.4, -0.2) is 100 Å². The molecule has 4 rings (SSSR count). The van der Waals surface area contributed by atoms with Crippen LogP contribution in [0.5, 0.6) is 0 Å². The molecule has 67 heavy (non-hydrogen) atoms. The molecule has 0 spiro atoms. The van der Waals surface area contributed by atoms with Crippen LogP contribution >= 0.6 is 34.8 Å². The third-order valence-electron chi connectivity index (χ3n) is 12.1. The zero-order chi connectivity index (χ0) is 50.8. The molecule has 0 aromatic heterocycles. The Balaban J connectivity index is 0.000000388. The van der Waals surface area contributed by atoms with Gasteiger partial charge in [-0.05, 0) is 69.4 Å². The molecule has 0 aliphatic heterocycles. The first-order valence-corrected chi connectivity index (χ1v) is 23.7. The molecule has 2 aliphatic rings. The number of Topliss-reactive ketones (excluding diaryl/α,β-unsaturated/α-hetero) is 2. The highest BCUT2D eigenvalue weighted by Gasteiger charge is 2.50. The van der Waals surface area contributed by atoms with E-state index in [4.69, 9.17) is 54.1 Å². The number of alkyl halides is 1. The number of carboxylic acids is 1. The molecule has 16 nitrogen and oxygen atoms in total. The summed E-state index contributed by atoms with van der Waals surface area (Å²) in [5.74, 6) is -2.68. The molecule has 3 N–H and O–H groups in total. The summed E-state index contributed by atoms with van der Waals surface area (Å²) < 4.78 is 15.7. The summed E-state index contributed by atoms with van der Waals surface area (Å²) in [7, 11) is 3.05. The second kappa shape index (κ2) is 27.2. The number of carbonyl (C=O) groups excluding carboxylic acids is 7. The van der Waals surface area contributed by atoms with Crippen LogP contribution in [0.3, 0.4) is 0 Å². The molecular weight excluding hydrogens is 931 g/mol. The number of hydrogen-bond donors (Lipinski definition) is 3. The highest BCUT2D eigenvalue weighted by atomic mass is 35.5. The van der Waals surface area contributed by atoms with Gasteiger partial charge in [-0.25, -0.2) is 19.2 Å². The van der Waals surface area contributed by atoms with E-state index in [0.717, 1.165) is 32.1 Å². The Morgan fingerprint density at radius 1 is 0.657 bits per heavy atom. The number of carbonyl (C=O) groups is 8. The van der Waals surface area contributed by atoms with Crippen molar-refractivity contribution in [2.75, 3.05) is 14.1 Å². The van der Waals surface area contributed by atoms with Crippen molar-refractivity contribution in [2.24, 2.45) is 11.8 Å². The van der Waals surface area contributed by atoms with Gasteiger partial charge >= 0.3 is 24.1 Å². The van der Waals surface area contributed by atoms with Crippen LogP contribution in [0.25, 0.3) is 0 Å². The predicted molar refractivity (Wildman–Crippen MR) is 254 cm³/mol. The molecule has 0 bridgehead atoms. The van der Waals surface area contributed by atoms with Crippen LogP contribution in [-0.2, 0) is 54.1 Å². The van der Waals surface area contributed by atoms with Gasteiger partial charge in [0.25, 0.3) is 0 Å². The smallest absolute Gasteiger partial charge is 0.413 e. The molecule has 2 aromatic carbocycles. The van der Waals surface area contributed by atoms with Crippen molar-refractivity contribution in [3.8, 4) is 0 Å². The zero-order valence-electron chi connectivity index (χ0n) is 40.1. The SMILES string of the molecule is CC(Cl)OC(=O)N(C)[C@]1(c2ccccc2Cl)CCCCC1=O.CCC(C)[C@H](NC(C)=O)C(=O)O.CCC(C)[C@H](NC(C)=O)C(=O)OC(C)OC(=O)N(C)[C@]1(c2ccccc2Cl)CCCCC1=O. The molecule has 2 aromatic rings. The van der Waals surface area contributed by atoms with Crippen molar-refractivity contribution in [2.45, 2.75) is 155 Å². The summed E-state index contributed by atoms with van der Waals surface area (Å²) in [6, 6.07) is 12.5. The zero-order valence-corrected chi connectivity index (χ0v) is 42.4. The van der Waals surface area contributed by atoms with E-state index in [2.05, 4.69) is 10.6 Å². The van der Waals surface area contributed by atoms with Crippen LogP contribution in [0, 0.1) is 11.8 Å². The molecular formula is C48H67Cl3N4O12. The fourth-order valence-corrected chi connectivity index (χ4v) is 8.72. The summed E-state index contributed by atoms with van der Waals surface area (Å²) >= 11 is 18.5. The van der Waals surface area contributed by atoms with Crippen molar-refractivity contribution in [1.29, 1.82) is 0 Å². The number of ether oxygens (including phenoxy) is 3. The molecule has 372 valence electrons. The number of likely N-dealkylation sites (N-methyl/N-ethyl adjacent to an activating group) is 2. The largest absolute Gasteiger partial charge is 0.480 e. The number of rotatable bonds is 15. The van der Waals surface area contributed by atoms with Gasteiger partial charge in [-0.15, -0.1) is 0 Å². The highest BCUT2D eigenvalue weighted by Crippen LogP contribution is 2.44. The Bertz CT molecular complexity index is 2060. The summed E-state index contributed by atoms with van der Waals surface area (Å²) in [4.78, 5) is 99.2. The number of carboxylic acid groups (broad SMARTS) is 1. The van der Waals surface area contributed by atoms with E-state index >= 15 is 0 Å². The standard InChI is InChI=1S/C24H33ClN2O6.C16H19Cl2NO3.C8H15NO3/c1-6-15(2)21(26-16(3)28)22(30)32-17(4)33-23(31)27(5)24(14-10-9-13-20(24)29)18-11-7-8-12-19(18)25;1-11(17)22-15(21)19(2)16(10-6-5-9-14(16)20)12-7-3-4-8-13(12)18;1-4-5(2)7(8(11)12)9-6(3)10/h7-8,11-12,15,17,21H,6,9-10,13-14H2,1-5H3,(H,26,28);3-4,7-8,11H,5-6,9-10H2,1-2H3;5,7H,4H2,1-3H3,(H,9,10)(H,11,12)/t15?,17?,21-,24-;11?,16-;5?,7-/m000/s1. The Kier molecular flexibility index (Phi) is 23.6. The van der Waals surface area contributed by atoms with Gasteiger partial charge in [0.2, 0.25) is 18.1 Å². The van der Waals surface area contributed by atoms with Gasteiger partial charge in [-0.3, -0.25) is 29.0 Å². The lowest BCUT2D eigenvalue weighted by atomic mass is 9.74. The third kappa shape index (κ3) is 15.5. The fraction of sp³-hybridized carbons (Fsp3) is 0.583. The number of hydrogen-bond acceptors (Lipinski definition) is 11. The number of esters is 1. The van der Waals surface area contributed by atoms with E-state index in [1.165, 1.54) is 37.6 Å². The first-order chi connectivity index (χ1) is 31.4. The van der Waals surface area contributed by atoms with Gasteiger partial charge in [0.05, 0.1) is 0 Å². The van der Waals surface area contributed by atoms with Gasteiger partial charge in [-0.2, -0.15) is 0 Å². The van der Waals surface area contributed by atoms with Crippen LogP contribution < -0.4 is 10.6 Å². The fourth-order valence-electron chi connectivity index (χ4n) is 8.06. The topological polar surface area (TPSA) is 215 Å². The predicted octanol–water partition coefficient (Wildman–Crippen LogP) is 9.14. The van der Waals surface area contributed by atoms with E-state index in [-0.39, 0.29) is 35.2 Å². The number of ketones is 2. The van der Waals surface area contributed by atoms with Crippen LogP contribution in [0.15, 0.2) is 48.5 Å². The van der Waals surface area contributed by atoms with Gasteiger partial charge in [0.15, 0.2) is 17.1 Å². The van der Waals surface area contributed by atoms with Crippen molar-refractivity contribution >= 4 is 82.3 Å². The molecule has 0 radical (unpaired) electrons. The number of aliphatic carboxylic acids is 1. The molecule has 2 aliphatic carbocycles. The minimum atomic E-state index is -1.26. The molecule has 0 heterocycles. The maximum atomic E-state index is 13.1. The third-order valence-corrected chi connectivity index (χ3v) is 12.9. The summed E-state index contributed by atoms with van der Waals surface area (Å²) in [6.07, 6.45) is 3.51. The Labute approximate surface area is 409 Å². The van der Waals surface area contributed by atoms with E-state index in [9.17, 15) is 38.4 Å².